The quantitative estimate of drug-likeness (QED) is 0.637. The summed E-state index contributed by atoms with van der Waals surface area (Å²) in [5, 5.41) is 15.6. The van der Waals surface area contributed by atoms with Gasteiger partial charge >= 0.3 is 0 Å². The lowest BCUT2D eigenvalue weighted by atomic mass is 10.1. The average Bonchev–Trinajstić information content (AvgIpc) is 2.81. The van der Waals surface area contributed by atoms with Crippen LogP contribution in [0.25, 0.3) is 11.3 Å². The van der Waals surface area contributed by atoms with Crippen LogP contribution in [-0.4, -0.2) is 47.6 Å². The first kappa shape index (κ1) is 20.0. The molecule has 0 spiro atoms. The minimum absolute atomic E-state index is 0.633. The normalized spacial score (nSPS) is 14.2. The van der Waals surface area contributed by atoms with Gasteiger partial charge in [-0.2, -0.15) is 5.26 Å². The Bertz CT molecular complexity index is 1000. The molecule has 2 N–H and O–H groups in total. The van der Waals surface area contributed by atoms with E-state index in [9.17, 15) is 0 Å². The van der Waals surface area contributed by atoms with E-state index in [1.54, 1.807) is 6.20 Å². The van der Waals surface area contributed by atoms with Crippen LogP contribution in [0, 0.1) is 11.3 Å². The number of hydrogen-bond donors (Lipinski definition) is 2. The highest BCUT2D eigenvalue weighted by Crippen LogP contribution is 2.20. The molecule has 0 saturated carbocycles. The van der Waals surface area contributed by atoms with Gasteiger partial charge in [0.1, 0.15) is 0 Å². The van der Waals surface area contributed by atoms with E-state index in [1.165, 1.54) is 11.1 Å². The van der Waals surface area contributed by atoms with Crippen molar-refractivity contribution in [3.05, 3.63) is 77.5 Å². The molecule has 1 aliphatic rings. The van der Waals surface area contributed by atoms with Gasteiger partial charge in [0, 0.05) is 51.0 Å². The molecule has 1 saturated heterocycles. The lowest BCUT2D eigenvalue weighted by molar-refractivity contribution is 0.233. The van der Waals surface area contributed by atoms with Crippen molar-refractivity contribution in [2.45, 2.75) is 13.0 Å². The van der Waals surface area contributed by atoms with Gasteiger partial charge in [-0.1, -0.05) is 30.3 Å². The smallest absolute Gasteiger partial charge is 0.223 e. The molecule has 2 heterocycles. The zero-order chi connectivity index (χ0) is 20.6. The number of benzene rings is 2. The minimum atomic E-state index is 0.633. The van der Waals surface area contributed by atoms with E-state index in [2.05, 4.69) is 50.9 Å². The topological polar surface area (TPSA) is 76.9 Å². The monoisotopic (exact) mass is 398 g/mol. The third kappa shape index (κ3) is 5.41. The van der Waals surface area contributed by atoms with Gasteiger partial charge in [-0.25, -0.2) is 9.97 Å². The Kier molecular flexibility index (Phi) is 6.65. The summed E-state index contributed by atoms with van der Waals surface area (Å²) in [6.45, 7) is 6.00. The first-order valence-electron chi connectivity index (χ1n) is 10.4. The largest absolute Gasteiger partial charge is 0.354 e. The van der Waals surface area contributed by atoms with Gasteiger partial charge in [-0.3, -0.25) is 4.90 Å². The maximum absolute atomic E-state index is 8.89. The zero-order valence-electron chi connectivity index (χ0n) is 17.0. The molecule has 152 valence electrons. The van der Waals surface area contributed by atoms with Gasteiger partial charge in [0.25, 0.3) is 0 Å². The van der Waals surface area contributed by atoms with E-state index in [0.29, 0.717) is 11.5 Å². The Morgan fingerprint density at radius 3 is 2.67 bits per heavy atom. The maximum Gasteiger partial charge on any atom is 0.223 e. The molecule has 30 heavy (non-hydrogen) atoms. The fraction of sp³-hybridized carbons (Fsp3) is 0.292. The van der Waals surface area contributed by atoms with Crippen molar-refractivity contribution in [2.75, 3.05) is 38.0 Å². The summed E-state index contributed by atoms with van der Waals surface area (Å²) < 4.78 is 0. The summed E-state index contributed by atoms with van der Waals surface area (Å²) in [6.07, 6.45) is 2.65. The number of hydrogen-bond acceptors (Lipinski definition) is 6. The molecule has 1 aliphatic heterocycles. The summed E-state index contributed by atoms with van der Waals surface area (Å²) in [4.78, 5) is 11.5. The molecule has 3 aromatic rings. The van der Waals surface area contributed by atoms with Crippen molar-refractivity contribution >= 4 is 5.95 Å². The van der Waals surface area contributed by atoms with Crippen molar-refractivity contribution in [2.24, 2.45) is 0 Å². The standard InChI is InChI=1S/C24H26N6/c25-17-20-6-4-19(5-7-20)8-10-27-24-28-11-9-23(29-24)22-3-1-2-21(16-22)18-30-14-12-26-13-15-30/h1-7,9,11,16,26H,8,10,12-15,18H2,(H,27,28,29). The van der Waals surface area contributed by atoms with Crippen LogP contribution in [0.1, 0.15) is 16.7 Å². The number of nitrogens with zero attached hydrogens (tertiary/aromatic N) is 4. The fourth-order valence-electron chi connectivity index (χ4n) is 3.63. The van der Waals surface area contributed by atoms with E-state index in [1.807, 2.05) is 30.3 Å². The Hall–Kier alpha value is -3.27. The fourth-order valence-corrected chi connectivity index (χ4v) is 3.63. The van der Waals surface area contributed by atoms with Crippen LogP contribution < -0.4 is 10.6 Å². The maximum atomic E-state index is 8.89. The van der Waals surface area contributed by atoms with Crippen LogP contribution in [0.15, 0.2) is 60.8 Å². The Morgan fingerprint density at radius 2 is 1.87 bits per heavy atom. The molecule has 1 fully saturated rings. The van der Waals surface area contributed by atoms with Crippen molar-refractivity contribution in [1.82, 2.24) is 20.2 Å². The predicted octanol–water partition coefficient (Wildman–Crippen LogP) is 3.08. The highest BCUT2D eigenvalue weighted by Gasteiger charge is 2.10. The average molecular weight is 399 g/mol. The molecule has 6 heteroatoms. The van der Waals surface area contributed by atoms with Gasteiger partial charge in [0.05, 0.1) is 17.3 Å². The molecular formula is C24H26N6. The highest BCUT2D eigenvalue weighted by atomic mass is 15.2. The molecule has 4 rings (SSSR count). The number of rotatable bonds is 7. The van der Waals surface area contributed by atoms with Crippen LogP contribution >= 0.6 is 0 Å². The van der Waals surface area contributed by atoms with Crippen LogP contribution in [0.3, 0.4) is 0 Å². The van der Waals surface area contributed by atoms with E-state index < -0.39 is 0 Å². The number of nitriles is 1. The second-order valence-electron chi connectivity index (χ2n) is 7.48. The number of aromatic nitrogens is 2. The lowest BCUT2D eigenvalue weighted by Gasteiger charge is -2.27. The molecule has 0 amide bonds. The summed E-state index contributed by atoms with van der Waals surface area (Å²) in [5.41, 5.74) is 5.21. The van der Waals surface area contributed by atoms with Crippen LogP contribution in [-0.2, 0) is 13.0 Å². The van der Waals surface area contributed by atoms with Gasteiger partial charge in [0.2, 0.25) is 5.95 Å². The second kappa shape index (κ2) is 9.97. The Labute approximate surface area is 177 Å². The first-order valence-corrected chi connectivity index (χ1v) is 10.4. The van der Waals surface area contributed by atoms with E-state index in [4.69, 9.17) is 10.2 Å². The molecule has 0 aliphatic carbocycles. The lowest BCUT2D eigenvalue weighted by Crippen LogP contribution is -2.42. The molecule has 6 nitrogen and oxygen atoms in total. The van der Waals surface area contributed by atoms with Crippen LogP contribution in [0.5, 0.6) is 0 Å². The van der Waals surface area contributed by atoms with Crippen LogP contribution in [0.4, 0.5) is 5.95 Å². The summed E-state index contributed by atoms with van der Waals surface area (Å²) >= 11 is 0. The highest BCUT2D eigenvalue weighted by molar-refractivity contribution is 5.61. The third-order valence-corrected chi connectivity index (χ3v) is 5.27. The van der Waals surface area contributed by atoms with Crippen molar-refractivity contribution in [3.63, 3.8) is 0 Å². The van der Waals surface area contributed by atoms with Gasteiger partial charge in [-0.15, -0.1) is 0 Å². The van der Waals surface area contributed by atoms with Crippen molar-refractivity contribution in [1.29, 1.82) is 5.26 Å². The summed E-state index contributed by atoms with van der Waals surface area (Å²) in [6, 6.07) is 20.4. The summed E-state index contributed by atoms with van der Waals surface area (Å²) in [7, 11) is 0. The number of anilines is 1. The van der Waals surface area contributed by atoms with Crippen LogP contribution in [0.2, 0.25) is 0 Å². The van der Waals surface area contributed by atoms with Gasteiger partial charge in [0.15, 0.2) is 0 Å². The Morgan fingerprint density at radius 1 is 1.03 bits per heavy atom. The minimum Gasteiger partial charge on any atom is -0.354 e. The predicted molar refractivity (Wildman–Crippen MR) is 119 cm³/mol. The first-order chi connectivity index (χ1) is 14.8. The molecule has 1 aromatic heterocycles. The number of piperazine rings is 1. The molecular weight excluding hydrogens is 372 g/mol. The molecule has 0 unspecified atom stereocenters. The summed E-state index contributed by atoms with van der Waals surface area (Å²) in [5.74, 6) is 0.633. The van der Waals surface area contributed by atoms with E-state index in [0.717, 1.165) is 56.9 Å². The molecule has 2 aromatic carbocycles. The Balaban J connectivity index is 1.37. The molecule has 0 atom stereocenters. The second-order valence-corrected chi connectivity index (χ2v) is 7.48. The molecule has 0 bridgehead atoms. The zero-order valence-corrected chi connectivity index (χ0v) is 17.0. The number of nitrogens with one attached hydrogen (secondary N) is 2. The van der Waals surface area contributed by atoms with Crippen molar-refractivity contribution < 1.29 is 0 Å². The van der Waals surface area contributed by atoms with E-state index >= 15 is 0 Å². The van der Waals surface area contributed by atoms with Crippen molar-refractivity contribution in [3.8, 4) is 17.3 Å². The van der Waals surface area contributed by atoms with Gasteiger partial charge in [-0.05, 0) is 41.8 Å². The van der Waals surface area contributed by atoms with Gasteiger partial charge < -0.3 is 10.6 Å². The SMILES string of the molecule is N#Cc1ccc(CCNc2nccc(-c3cccc(CN4CCNCC4)c3)n2)cc1. The molecule has 0 radical (unpaired) electrons. The van der Waals surface area contributed by atoms with E-state index in [-0.39, 0.29) is 0 Å². The third-order valence-electron chi connectivity index (χ3n) is 5.27.